The molecule has 1 aliphatic carbocycles. The maximum Gasteiger partial charge on any atom is 0.316 e. The molecule has 0 radical (unpaired) electrons. The highest BCUT2D eigenvalue weighted by Gasteiger charge is 2.44. The van der Waals surface area contributed by atoms with E-state index in [4.69, 9.17) is 4.74 Å². The second-order valence-electron chi connectivity index (χ2n) is 7.21. The molecule has 0 saturated heterocycles. The first kappa shape index (κ1) is 19.7. The van der Waals surface area contributed by atoms with Gasteiger partial charge in [0.25, 0.3) is 0 Å². The number of ether oxygens (including phenoxy) is 1. The van der Waals surface area contributed by atoms with Crippen LogP contribution >= 0.6 is 0 Å². The van der Waals surface area contributed by atoms with E-state index in [-0.39, 0.29) is 12.1 Å². The summed E-state index contributed by atoms with van der Waals surface area (Å²) >= 11 is 0. The van der Waals surface area contributed by atoms with Crippen molar-refractivity contribution in [1.82, 2.24) is 5.32 Å². The number of rotatable bonds is 10. The molecule has 1 fully saturated rings. The molecule has 1 aromatic carbocycles. The molecule has 0 aromatic heterocycles. The van der Waals surface area contributed by atoms with E-state index in [1.165, 1.54) is 5.57 Å². The molecule has 2 rings (SSSR count). The van der Waals surface area contributed by atoms with Crippen LogP contribution in [-0.4, -0.2) is 25.7 Å². The Hall–Kier alpha value is -1.61. The van der Waals surface area contributed by atoms with Crippen molar-refractivity contribution in [2.24, 2.45) is 5.92 Å². The molecular formula is C22H33NO2. The smallest absolute Gasteiger partial charge is 0.316 e. The van der Waals surface area contributed by atoms with Crippen LogP contribution in [0.1, 0.15) is 57.9 Å². The lowest BCUT2D eigenvalue weighted by Crippen LogP contribution is -2.45. The number of unbranched alkanes of at least 4 members (excludes halogenated alkanes) is 1. The van der Waals surface area contributed by atoms with Crippen LogP contribution in [0.3, 0.4) is 0 Å². The van der Waals surface area contributed by atoms with Gasteiger partial charge in [0, 0.05) is 12.3 Å². The Morgan fingerprint density at radius 3 is 2.60 bits per heavy atom. The van der Waals surface area contributed by atoms with Crippen molar-refractivity contribution in [2.45, 2.75) is 63.9 Å². The second-order valence-corrected chi connectivity index (χ2v) is 7.21. The molecule has 1 aromatic rings. The van der Waals surface area contributed by atoms with Gasteiger partial charge >= 0.3 is 5.97 Å². The maximum absolute atomic E-state index is 13.3. The van der Waals surface area contributed by atoms with E-state index in [0.29, 0.717) is 5.92 Å². The minimum atomic E-state index is -0.526. The average Bonchev–Trinajstić information content (AvgIpc) is 2.63. The Kier molecular flexibility index (Phi) is 7.24. The third kappa shape index (κ3) is 4.33. The Morgan fingerprint density at radius 2 is 2.04 bits per heavy atom. The van der Waals surface area contributed by atoms with E-state index in [9.17, 15) is 4.79 Å². The molecule has 3 unspecified atom stereocenters. The number of hydrogen-bond acceptors (Lipinski definition) is 3. The largest absolute Gasteiger partial charge is 0.461 e. The third-order valence-corrected chi connectivity index (χ3v) is 5.68. The Labute approximate surface area is 152 Å². The molecule has 0 amide bonds. The fourth-order valence-corrected chi connectivity index (χ4v) is 3.84. The Bertz CT molecular complexity index is 569. The van der Waals surface area contributed by atoms with Crippen molar-refractivity contribution < 1.29 is 9.53 Å². The molecule has 138 valence electrons. The van der Waals surface area contributed by atoms with Gasteiger partial charge in [0.05, 0.1) is 5.41 Å². The van der Waals surface area contributed by atoms with E-state index in [2.05, 4.69) is 37.9 Å². The average molecular weight is 344 g/mol. The van der Waals surface area contributed by atoms with E-state index < -0.39 is 5.41 Å². The first-order chi connectivity index (χ1) is 12.1. The summed E-state index contributed by atoms with van der Waals surface area (Å²) < 4.78 is 6.05. The monoisotopic (exact) mass is 343 g/mol. The first-order valence-electron chi connectivity index (χ1n) is 9.68. The number of esters is 1. The quantitative estimate of drug-likeness (QED) is 0.497. The van der Waals surface area contributed by atoms with Gasteiger partial charge in [-0.2, -0.15) is 0 Å². The van der Waals surface area contributed by atoms with Gasteiger partial charge in [-0.25, -0.2) is 0 Å². The van der Waals surface area contributed by atoms with Crippen LogP contribution in [0.25, 0.3) is 0 Å². The van der Waals surface area contributed by atoms with Crippen molar-refractivity contribution in [1.29, 1.82) is 0 Å². The lowest BCUT2D eigenvalue weighted by atomic mass is 9.72. The van der Waals surface area contributed by atoms with Crippen LogP contribution < -0.4 is 5.32 Å². The topological polar surface area (TPSA) is 38.3 Å². The molecule has 3 heteroatoms. The van der Waals surface area contributed by atoms with E-state index >= 15 is 0 Å². The fraction of sp³-hybridized carbons (Fsp3) is 0.591. The zero-order valence-electron chi connectivity index (χ0n) is 16.0. The molecular weight excluding hydrogens is 310 g/mol. The van der Waals surface area contributed by atoms with Gasteiger partial charge < -0.3 is 10.1 Å². The van der Waals surface area contributed by atoms with Crippen LogP contribution in [0, 0.1) is 5.92 Å². The molecule has 0 aliphatic heterocycles. The van der Waals surface area contributed by atoms with Crippen LogP contribution in [-0.2, 0) is 14.9 Å². The molecule has 1 N–H and O–H groups in total. The molecule has 0 bridgehead atoms. The zero-order chi connectivity index (χ0) is 18.3. The lowest BCUT2D eigenvalue weighted by molar-refractivity contribution is -0.162. The summed E-state index contributed by atoms with van der Waals surface area (Å²) in [6.07, 6.45) is 5.49. The summed E-state index contributed by atoms with van der Waals surface area (Å²) in [6, 6.07) is 10.2. The summed E-state index contributed by atoms with van der Waals surface area (Å²) in [5.74, 6) is 0.245. The lowest BCUT2D eigenvalue weighted by Gasteiger charge is -2.41. The van der Waals surface area contributed by atoms with E-state index in [1.807, 2.05) is 25.2 Å². The minimum absolute atomic E-state index is 0.00962. The standard InChI is InChI=1S/C22H33NO2/c1-5-7-14-22(6-2,18-11-9-8-10-12-18)21(24)25-20-16-17(3)19(20)13-15-23-4/h8-12,19-20,23H,3,5-7,13-16H2,1-2,4H3. The van der Waals surface area contributed by atoms with Crippen molar-refractivity contribution in [3.8, 4) is 0 Å². The highest BCUT2D eigenvalue weighted by atomic mass is 16.5. The fourth-order valence-electron chi connectivity index (χ4n) is 3.84. The van der Waals surface area contributed by atoms with Gasteiger partial charge in [-0.15, -0.1) is 0 Å². The van der Waals surface area contributed by atoms with Crippen molar-refractivity contribution in [2.75, 3.05) is 13.6 Å². The first-order valence-corrected chi connectivity index (χ1v) is 9.68. The van der Waals surface area contributed by atoms with Crippen molar-refractivity contribution >= 4 is 5.97 Å². The SMILES string of the molecule is C=C1CC(OC(=O)C(CC)(CCCC)c2ccccc2)C1CCNC. The number of nitrogens with one attached hydrogen (secondary N) is 1. The molecule has 1 aliphatic rings. The second kappa shape index (κ2) is 9.19. The molecule has 3 nitrogen and oxygen atoms in total. The summed E-state index contributed by atoms with van der Waals surface area (Å²) in [5.41, 5.74) is 1.77. The zero-order valence-corrected chi connectivity index (χ0v) is 16.0. The molecule has 3 atom stereocenters. The Morgan fingerprint density at radius 1 is 1.32 bits per heavy atom. The van der Waals surface area contributed by atoms with Crippen molar-refractivity contribution in [3.63, 3.8) is 0 Å². The van der Waals surface area contributed by atoms with Gasteiger partial charge in [0.1, 0.15) is 6.10 Å². The predicted molar refractivity (Wildman–Crippen MR) is 104 cm³/mol. The number of hydrogen-bond donors (Lipinski definition) is 1. The van der Waals surface area contributed by atoms with Gasteiger partial charge in [-0.1, -0.05) is 69.2 Å². The van der Waals surface area contributed by atoms with Crippen molar-refractivity contribution in [3.05, 3.63) is 48.0 Å². The molecule has 25 heavy (non-hydrogen) atoms. The molecule has 1 saturated carbocycles. The van der Waals surface area contributed by atoms with Gasteiger partial charge in [0.2, 0.25) is 0 Å². The van der Waals surface area contributed by atoms with E-state index in [1.54, 1.807) is 0 Å². The summed E-state index contributed by atoms with van der Waals surface area (Å²) in [7, 11) is 1.95. The van der Waals surface area contributed by atoms with Gasteiger partial charge in [-0.3, -0.25) is 4.79 Å². The molecule has 0 heterocycles. The number of carbonyl (C=O) groups excluding carboxylic acids is 1. The predicted octanol–water partition coefficient (Wildman–Crippen LogP) is 4.62. The third-order valence-electron chi connectivity index (χ3n) is 5.68. The highest BCUT2D eigenvalue weighted by Crippen LogP contribution is 2.41. The number of carbonyl (C=O) groups is 1. The van der Waals surface area contributed by atoms with Gasteiger partial charge in [-0.05, 0) is 38.4 Å². The Balaban J connectivity index is 2.17. The molecule has 0 spiro atoms. The van der Waals surface area contributed by atoms with Crippen LogP contribution in [0.5, 0.6) is 0 Å². The van der Waals surface area contributed by atoms with Crippen LogP contribution in [0.15, 0.2) is 42.5 Å². The minimum Gasteiger partial charge on any atom is -0.461 e. The summed E-state index contributed by atoms with van der Waals surface area (Å²) in [5, 5.41) is 3.17. The highest BCUT2D eigenvalue weighted by molar-refractivity contribution is 5.83. The maximum atomic E-state index is 13.3. The normalized spacial score (nSPS) is 22.1. The number of benzene rings is 1. The van der Waals surface area contributed by atoms with Crippen LogP contribution in [0.2, 0.25) is 0 Å². The van der Waals surface area contributed by atoms with Gasteiger partial charge in [0.15, 0.2) is 0 Å². The van der Waals surface area contributed by atoms with E-state index in [0.717, 1.165) is 50.6 Å². The van der Waals surface area contributed by atoms with Crippen LogP contribution in [0.4, 0.5) is 0 Å². The summed E-state index contributed by atoms with van der Waals surface area (Å²) in [4.78, 5) is 13.3. The summed E-state index contributed by atoms with van der Waals surface area (Å²) in [6.45, 7) is 9.31.